The van der Waals surface area contributed by atoms with E-state index in [1.165, 1.54) is 12.1 Å². The number of alkyl halides is 2. The summed E-state index contributed by atoms with van der Waals surface area (Å²) in [6.45, 7) is -2.98. The standard InChI is InChI=1S/C22H21F2N3O6/c1-31-17-10-14(21(30)32-2)16(11-18(17)33-22(23)24)25-20(29)15-8-9-19(28)27(26-15)12-13-6-4-3-5-7-13/h3-7,10-11,22H,8-9,12H2,1-2H3,(H,25,29). The molecule has 0 fully saturated rings. The van der Waals surface area contributed by atoms with Crippen LogP contribution in [0.3, 0.4) is 0 Å². The number of esters is 1. The van der Waals surface area contributed by atoms with Crippen molar-refractivity contribution in [3.63, 3.8) is 0 Å². The number of rotatable bonds is 8. The van der Waals surface area contributed by atoms with E-state index in [4.69, 9.17) is 9.47 Å². The van der Waals surface area contributed by atoms with Gasteiger partial charge in [0.15, 0.2) is 11.5 Å². The quantitative estimate of drug-likeness (QED) is 0.605. The van der Waals surface area contributed by atoms with Crippen LogP contribution in [-0.4, -0.2) is 49.3 Å². The van der Waals surface area contributed by atoms with Gasteiger partial charge in [0.05, 0.1) is 32.0 Å². The molecule has 0 saturated carbocycles. The fourth-order valence-corrected chi connectivity index (χ4v) is 3.13. The summed E-state index contributed by atoms with van der Waals surface area (Å²) in [5.74, 6) is -2.33. The fraction of sp³-hybridized carbons (Fsp3) is 0.273. The summed E-state index contributed by atoms with van der Waals surface area (Å²) in [4.78, 5) is 37.3. The van der Waals surface area contributed by atoms with Crippen LogP contribution in [0.4, 0.5) is 14.5 Å². The van der Waals surface area contributed by atoms with Crippen LogP contribution < -0.4 is 14.8 Å². The van der Waals surface area contributed by atoms with Gasteiger partial charge in [-0.05, 0) is 5.56 Å². The molecule has 0 spiro atoms. The average molecular weight is 461 g/mol. The van der Waals surface area contributed by atoms with E-state index in [1.54, 1.807) is 0 Å². The van der Waals surface area contributed by atoms with Crippen molar-refractivity contribution in [3.8, 4) is 11.5 Å². The second kappa shape index (κ2) is 10.5. The highest BCUT2D eigenvalue weighted by molar-refractivity contribution is 6.43. The molecule has 0 unspecified atom stereocenters. The lowest BCUT2D eigenvalue weighted by atomic mass is 10.1. The number of amides is 2. The topological polar surface area (TPSA) is 107 Å². The van der Waals surface area contributed by atoms with E-state index in [0.29, 0.717) is 0 Å². The molecule has 11 heteroatoms. The number of carbonyl (C=O) groups is 3. The monoisotopic (exact) mass is 461 g/mol. The number of nitrogens with one attached hydrogen (secondary N) is 1. The Balaban J connectivity index is 1.89. The zero-order valence-electron chi connectivity index (χ0n) is 17.8. The highest BCUT2D eigenvalue weighted by Gasteiger charge is 2.27. The Bertz CT molecular complexity index is 1080. The molecule has 2 amide bonds. The normalized spacial score (nSPS) is 13.4. The number of anilines is 1. The van der Waals surface area contributed by atoms with Crippen LogP contribution in [0.2, 0.25) is 0 Å². The van der Waals surface area contributed by atoms with Crippen molar-refractivity contribution in [3.05, 3.63) is 53.6 Å². The number of methoxy groups -OCH3 is 2. The number of ether oxygens (including phenoxy) is 3. The molecule has 3 rings (SSSR count). The fourth-order valence-electron chi connectivity index (χ4n) is 3.13. The second-order valence-corrected chi connectivity index (χ2v) is 6.86. The maximum atomic E-state index is 12.9. The number of carbonyl (C=O) groups excluding carboxylic acids is 3. The Morgan fingerprint density at radius 3 is 2.48 bits per heavy atom. The van der Waals surface area contributed by atoms with Crippen LogP contribution in [0, 0.1) is 0 Å². The van der Waals surface area contributed by atoms with Gasteiger partial charge in [-0.3, -0.25) is 9.59 Å². The van der Waals surface area contributed by atoms with Gasteiger partial charge in [0.1, 0.15) is 5.71 Å². The molecular weight excluding hydrogens is 440 g/mol. The zero-order chi connectivity index (χ0) is 24.0. The van der Waals surface area contributed by atoms with Gasteiger partial charge in [-0.15, -0.1) is 0 Å². The van der Waals surface area contributed by atoms with Crippen molar-refractivity contribution in [2.24, 2.45) is 5.10 Å². The minimum absolute atomic E-state index is 0.0356. The van der Waals surface area contributed by atoms with Gasteiger partial charge in [-0.2, -0.15) is 13.9 Å². The first-order valence-corrected chi connectivity index (χ1v) is 9.80. The van der Waals surface area contributed by atoms with E-state index in [2.05, 4.69) is 15.2 Å². The highest BCUT2D eigenvalue weighted by Crippen LogP contribution is 2.35. The van der Waals surface area contributed by atoms with Gasteiger partial charge >= 0.3 is 12.6 Å². The van der Waals surface area contributed by atoms with Gasteiger partial charge in [0.2, 0.25) is 5.91 Å². The van der Waals surface area contributed by atoms with Gasteiger partial charge in [0, 0.05) is 25.0 Å². The van der Waals surface area contributed by atoms with Crippen molar-refractivity contribution in [1.29, 1.82) is 0 Å². The highest BCUT2D eigenvalue weighted by atomic mass is 19.3. The summed E-state index contributed by atoms with van der Waals surface area (Å²) < 4.78 is 39.7. The third-order valence-corrected chi connectivity index (χ3v) is 4.72. The molecular formula is C22H21F2N3O6. The van der Waals surface area contributed by atoms with Gasteiger partial charge in [-0.25, -0.2) is 9.80 Å². The van der Waals surface area contributed by atoms with Crippen molar-refractivity contribution in [1.82, 2.24) is 5.01 Å². The van der Waals surface area contributed by atoms with E-state index in [9.17, 15) is 23.2 Å². The molecule has 2 aromatic rings. The second-order valence-electron chi connectivity index (χ2n) is 6.86. The molecule has 1 heterocycles. The lowest BCUT2D eigenvalue weighted by Gasteiger charge is -2.23. The molecule has 0 aromatic heterocycles. The molecule has 2 aromatic carbocycles. The maximum absolute atomic E-state index is 12.9. The smallest absolute Gasteiger partial charge is 0.387 e. The van der Waals surface area contributed by atoms with Crippen molar-refractivity contribution in [2.75, 3.05) is 19.5 Å². The number of hydrazone groups is 1. The molecule has 0 atom stereocenters. The minimum Gasteiger partial charge on any atom is -0.493 e. The summed E-state index contributed by atoms with van der Waals surface area (Å²) in [5.41, 5.74) is 0.581. The third kappa shape index (κ3) is 5.82. The summed E-state index contributed by atoms with van der Waals surface area (Å²) in [6, 6.07) is 11.3. The first-order valence-electron chi connectivity index (χ1n) is 9.80. The third-order valence-electron chi connectivity index (χ3n) is 4.72. The lowest BCUT2D eigenvalue weighted by molar-refractivity contribution is -0.132. The Labute approximate surface area is 187 Å². The van der Waals surface area contributed by atoms with E-state index in [-0.39, 0.29) is 53.8 Å². The van der Waals surface area contributed by atoms with Crippen LogP contribution in [0.1, 0.15) is 28.8 Å². The molecule has 0 bridgehead atoms. The maximum Gasteiger partial charge on any atom is 0.387 e. The van der Waals surface area contributed by atoms with Crippen molar-refractivity contribution < 1.29 is 37.4 Å². The molecule has 0 aliphatic carbocycles. The molecule has 1 aliphatic heterocycles. The molecule has 0 saturated heterocycles. The molecule has 0 radical (unpaired) electrons. The number of nitrogens with zero attached hydrogens (tertiary/aromatic N) is 2. The molecule has 33 heavy (non-hydrogen) atoms. The van der Waals surface area contributed by atoms with Crippen molar-refractivity contribution >= 4 is 29.2 Å². The summed E-state index contributed by atoms with van der Waals surface area (Å²) in [5, 5.41) is 7.81. The minimum atomic E-state index is -3.16. The predicted molar refractivity (Wildman–Crippen MR) is 113 cm³/mol. The Hall–Kier alpha value is -4.02. The number of hydrogen-bond donors (Lipinski definition) is 1. The van der Waals surface area contributed by atoms with E-state index in [1.807, 2.05) is 30.3 Å². The van der Waals surface area contributed by atoms with Crippen LogP contribution in [0.5, 0.6) is 11.5 Å². The number of hydrogen-bond acceptors (Lipinski definition) is 7. The molecule has 1 aliphatic rings. The first kappa shape index (κ1) is 23.6. The van der Waals surface area contributed by atoms with E-state index in [0.717, 1.165) is 24.8 Å². The van der Waals surface area contributed by atoms with Crippen LogP contribution >= 0.6 is 0 Å². The average Bonchev–Trinajstić information content (AvgIpc) is 2.80. The predicted octanol–water partition coefficient (Wildman–Crippen LogP) is 3.20. The van der Waals surface area contributed by atoms with Crippen LogP contribution in [-0.2, 0) is 20.9 Å². The van der Waals surface area contributed by atoms with Gasteiger partial charge in [0.25, 0.3) is 5.91 Å². The number of halogens is 2. The van der Waals surface area contributed by atoms with E-state index < -0.39 is 18.5 Å². The zero-order valence-corrected chi connectivity index (χ0v) is 17.8. The molecule has 174 valence electrons. The van der Waals surface area contributed by atoms with Gasteiger partial charge in [-0.1, -0.05) is 30.3 Å². The number of benzene rings is 2. The van der Waals surface area contributed by atoms with Crippen molar-refractivity contribution in [2.45, 2.75) is 26.0 Å². The SMILES string of the molecule is COC(=O)c1cc(OC)c(OC(F)F)cc1NC(=O)C1=NN(Cc2ccccc2)C(=O)CC1. The summed E-state index contributed by atoms with van der Waals surface area (Å²) in [6.07, 6.45) is 0.130. The summed E-state index contributed by atoms with van der Waals surface area (Å²) in [7, 11) is 2.34. The Morgan fingerprint density at radius 2 is 1.85 bits per heavy atom. The van der Waals surface area contributed by atoms with E-state index >= 15 is 0 Å². The van der Waals surface area contributed by atoms with Crippen LogP contribution in [0.25, 0.3) is 0 Å². The van der Waals surface area contributed by atoms with Gasteiger partial charge < -0.3 is 19.5 Å². The molecule has 1 N–H and O–H groups in total. The Kier molecular flexibility index (Phi) is 7.54. The Morgan fingerprint density at radius 1 is 1.12 bits per heavy atom. The first-order chi connectivity index (χ1) is 15.8. The van der Waals surface area contributed by atoms with Crippen LogP contribution in [0.15, 0.2) is 47.6 Å². The largest absolute Gasteiger partial charge is 0.493 e. The summed E-state index contributed by atoms with van der Waals surface area (Å²) >= 11 is 0. The molecule has 9 nitrogen and oxygen atoms in total. The lowest BCUT2D eigenvalue weighted by Crippen LogP contribution is -2.36.